The van der Waals surface area contributed by atoms with Crippen molar-refractivity contribution < 1.29 is 18.0 Å². The van der Waals surface area contributed by atoms with Crippen LogP contribution in [0.3, 0.4) is 0 Å². The smallest absolute Gasteiger partial charge is 0.346 e. The van der Waals surface area contributed by atoms with Crippen LogP contribution >= 0.6 is 0 Å². The third-order valence-corrected chi connectivity index (χ3v) is 1.72. The van der Waals surface area contributed by atoms with Crippen molar-refractivity contribution in [2.75, 3.05) is 6.54 Å². The number of nitrogens with one attached hydrogen (secondary N) is 2. The number of alkyl halides is 3. The maximum Gasteiger partial charge on any atom is 0.405 e. The van der Waals surface area contributed by atoms with Crippen molar-refractivity contribution in [2.24, 2.45) is 0 Å². The molecule has 0 saturated heterocycles. The van der Waals surface area contributed by atoms with E-state index in [1.807, 2.05) is 0 Å². The van der Waals surface area contributed by atoms with Gasteiger partial charge in [-0.15, -0.1) is 6.58 Å². The first-order valence-corrected chi connectivity index (χ1v) is 4.49. The molecule has 2 unspecified atom stereocenters. The van der Waals surface area contributed by atoms with Gasteiger partial charge in [0.05, 0.1) is 6.04 Å². The second-order valence-corrected chi connectivity index (χ2v) is 3.25. The Morgan fingerprint density at radius 2 is 2.00 bits per heavy atom. The molecule has 6 heteroatoms. The fourth-order valence-corrected chi connectivity index (χ4v) is 0.878. The zero-order valence-corrected chi connectivity index (χ0v) is 8.69. The molecule has 0 aliphatic rings. The van der Waals surface area contributed by atoms with Crippen LogP contribution in [-0.4, -0.2) is 30.7 Å². The maximum atomic E-state index is 11.8. The topological polar surface area (TPSA) is 41.1 Å². The van der Waals surface area contributed by atoms with Gasteiger partial charge in [0, 0.05) is 6.04 Å². The molecule has 2 atom stereocenters. The summed E-state index contributed by atoms with van der Waals surface area (Å²) in [7, 11) is 0. The van der Waals surface area contributed by atoms with Crippen molar-refractivity contribution in [3.63, 3.8) is 0 Å². The van der Waals surface area contributed by atoms with Gasteiger partial charge in [-0.2, -0.15) is 13.2 Å². The summed E-state index contributed by atoms with van der Waals surface area (Å²) in [4.78, 5) is 11.1. The van der Waals surface area contributed by atoms with Crippen LogP contribution in [0.15, 0.2) is 12.7 Å². The Balaban J connectivity index is 3.94. The Bertz CT molecular complexity index is 228. The van der Waals surface area contributed by atoms with Gasteiger partial charge in [0.1, 0.15) is 6.54 Å². The largest absolute Gasteiger partial charge is 0.405 e. The summed E-state index contributed by atoms with van der Waals surface area (Å²) in [5.74, 6) is -0.680. The molecule has 0 radical (unpaired) electrons. The van der Waals surface area contributed by atoms with Crippen molar-refractivity contribution in [1.29, 1.82) is 0 Å². The molecule has 15 heavy (non-hydrogen) atoms. The molecule has 3 nitrogen and oxygen atoms in total. The minimum Gasteiger partial charge on any atom is -0.346 e. The number of carbonyl (C=O) groups excluding carboxylic acids is 1. The first-order chi connectivity index (χ1) is 6.76. The van der Waals surface area contributed by atoms with Crippen LogP contribution in [0.1, 0.15) is 13.8 Å². The summed E-state index contributed by atoms with van der Waals surface area (Å²) >= 11 is 0. The summed E-state index contributed by atoms with van der Waals surface area (Å²) in [5.41, 5.74) is 0. The molecule has 0 aromatic rings. The second-order valence-electron chi connectivity index (χ2n) is 3.25. The van der Waals surface area contributed by atoms with E-state index in [1.165, 1.54) is 6.92 Å². The van der Waals surface area contributed by atoms with Crippen molar-refractivity contribution in [1.82, 2.24) is 10.6 Å². The fraction of sp³-hybridized carbons (Fsp3) is 0.667. The Morgan fingerprint density at radius 1 is 1.47 bits per heavy atom. The summed E-state index contributed by atoms with van der Waals surface area (Å²) in [5, 5.41) is 4.56. The number of halogens is 3. The summed E-state index contributed by atoms with van der Waals surface area (Å²) < 4.78 is 35.3. The molecular formula is C9H15F3N2O. The van der Waals surface area contributed by atoms with E-state index in [0.717, 1.165) is 0 Å². The average Bonchev–Trinajstić information content (AvgIpc) is 2.12. The van der Waals surface area contributed by atoms with Crippen molar-refractivity contribution in [2.45, 2.75) is 32.1 Å². The summed E-state index contributed by atoms with van der Waals surface area (Å²) in [6, 6.07) is -0.808. The van der Waals surface area contributed by atoms with Crippen molar-refractivity contribution in [3.05, 3.63) is 12.7 Å². The van der Waals surface area contributed by atoms with Gasteiger partial charge in [0.2, 0.25) is 5.91 Å². The second kappa shape index (κ2) is 5.75. The highest BCUT2D eigenvalue weighted by atomic mass is 19.4. The number of rotatable bonds is 5. The standard InChI is InChI=1S/C9H15F3N2O/c1-4-6(2)14-7(3)8(15)13-5-9(10,11)12/h4,6-7,14H,1,5H2,2-3H3,(H,13,15). The third-order valence-electron chi connectivity index (χ3n) is 1.72. The van der Waals surface area contributed by atoms with Gasteiger partial charge in [-0.25, -0.2) is 0 Å². The maximum absolute atomic E-state index is 11.8. The SMILES string of the molecule is C=CC(C)NC(C)C(=O)NCC(F)(F)F. The number of hydrogen-bond donors (Lipinski definition) is 2. The Labute approximate surface area is 86.7 Å². The Morgan fingerprint density at radius 3 is 2.40 bits per heavy atom. The van der Waals surface area contributed by atoms with E-state index in [0.29, 0.717) is 0 Å². The third kappa shape index (κ3) is 6.96. The van der Waals surface area contributed by atoms with Gasteiger partial charge in [-0.1, -0.05) is 6.08 Å². The summed E-state index contributed by atoms with van der Waals surface area (Å²) in [6.07, 6.45) is -2.81. The molecular weight excluding hydrogens is 209 g/mol. The van der Waals surface area contributed by atoms with E-state index >= 15 is 0 Å². The molecule has 1 amide bonds. The van der Waals surface area contributed by atoms with Crippen LogP contribution < -0.4 is 10.6 Å². The van der Waals surface area contributed by atoms with E-state index in [-0.39, 0.29) is 6.04 Å². The predicted octanol–water partition coefficient (Wildman–Crippen LogP) is 1.22. The van der Waals surface area contributed by atoms with E-state index in [4.69, 9.17) is 0 Å². The van der Waals surface area contributed by atoms with Crippen LogP contribution in [0, 0.1) is 0 Å². The van der Waals surface area contributed by atoms with E-state index < -0.39 is 24.7 Å². The van der Waals surface area contributed by atoms with Crippen LogP contribution in [-0.2, 0) is 4.79 Å². The quantitative estimate of drug-likeness (QED) is 0.689. The lowest BCUT2D eigenvalue weighted by atomic mass is 10.2. The lowest BCUT2D eigenvalue weighted by Gasteiger charge is -2.17. The van der Waals surface area contributed by atoms with E-state index in [2.05, 4.69) is 11.9 Å². The first kappa shape index (κ1) is 14.0. The highest BCUT2D eigenvalue weighted by Crippen LogP contribution is 2.12. The normalized spacial score (nSPS) is 15.5. The molecule has 0 aliphatic carbocycles. The van der Waals surface area contributed by atoms with E-state index in [1.54, 1.807) is 18.3 Å². The monoisotopic (exact) mass is 224 g/mol. The molecule has 0 aromatic carbocycles. The predicted molar refractivity (Wildman–Crippen MR) is 51.3 cm³/mol. The van der Waals surface area contributed by atoms with Gasteiger partial charge in [0.25, 0.3) is 0 Å². The fourth-order valence-electron chi connectivity index (χ4n) is 0.878. The minimum atomic E-state index is -4.38. The number of hydrogen-bond acceptors (Lipinski definition) is 2. The van der Waals surface area contributed by atoms with Gasteiger partial charge >= 0.3 is 6.18 Å². The molecule has 0 heterocycles. The zero-order valence-electron chi connectivity index (χ0n) is 8.69. The Kier molecular flexibility index (Phi) is 5.35. The lowest BCUT2D eigenvalue weighted by Crippen LogP contribution is -2.47. The molecule has 0 rings (SSSR count). The summed E-state index contributed by atoms with van der Waals surface area (Å²) in [6.45, 7) is 5.42. The van der Waals surface area contributed by atoms with Gasteiger partial charge < -0.3 is 10.6 Å². The van der Waals surface area contributed by atoms with Gasteiger partial charge in [-0.3, -0.25) is 4.79 Å². The van der Waals surface area contributed by atoms with Gasteiger partial charge in [-0.05, 0) is 13.8 Å². The Hall–Kier alpha value is -1.04. The van der Waals surface area contributed by atoms with Crippen LogP contribution in [0.5, 0.6) is 0 Å². The molecule has 0 saturated carbocycles. The number of carbonyl (C=O) groups is 1. The molecule has 0 bridgehead atoms. The molecule has 0 fully saturated rings. The highest BCUT2D eigenvalue weighted by Gasteiger charge is 2.28. The van der Waals surface area contributed by atoms with Crippen LogP contribution in [0.4, 0.5) is 13.2 Å². The lowest BCUT2D eigenvalue weighted by molar-refractivity contribution is -0.139. The molecule has 0 aliphatic heterocycles. The number of amides is 1. The molecule has 0 aromatic heterocycles. The molecule has 2 N–H and O–H groups in total. The molecule has 88 valence electrons. The average molecular weight is 224 g/mol. The zero-order chi connectivity index (χ0) is 12.1. The van der Waals surface area contributed by atoms with Crippen molar-refractivity contribution in [3.8, 4) is 0 Å². The van der Waals surface area contributed by atoms with Crippen LogP contribution in [0.25, 0.3) is 0 Å². The van der Waals surface area contributed by atoms with Gasteiger partial charge in [0.15, 0.2) is 0 Å². The van der Waals surface area contributed by atoms with Crippen molar-refractivity contribution >= 4 is 5.91 Å². The first-order valence-electron chi connectivity index (χ1n) is 4.49. The molecule has 0 spiro atoms. The minimum absolute atomic E-state index is 0.128. The van der Waals surface area contributed by atoms with Crippen LogP contribution in [0.2, 0.25) is 0 Å². The van der Waals surface area contributed by atoms with E-state index in [9.17, 15) is 18.0 Å². The highest BCUT2D eigenvalue weighted by molar-refractivity contribution is 5.81.